The second-order valence-electron chi connectivity index (χ2n) is 8.48. The predicted octanol–water partition coefficient (Wildman–Crippen LogP) is -0.786. The average Bonchev–Trinajstić information content (AvgIpc) is 2.96. The lowest BCUT2D eigenvalue weighted by Crippen LogP contribution is -2.51. The molecule has 0 unspecified atom stereocenters. The number of anilines is 2. The Bertz CT molecular complexity index is 1700. The lowest BCUT2D eigenvalue weighted by atomic mass is 10.3. The molecule has 0 radical (unpaired) electrons. The number of guanidine groups is 2. The lowest BCUT2D eigenvalue weighted by molar-refractivity contribution is -0.117. The fraction of sp³-hybridized carbons (Fsp3) is 0. The van der Waals surface area contributed by atoms with Gasteiger partial charge < -0.3 is 20.6 Å². The Morgan fingerprint density at radius 3 is 0.804 bits per heavy atom. The summed E-state index contributed by atoms with van der Waals surface area (Å²) in [5.41, 5.74) is 32.8. The van der Waals surface area contributed by atoms with Gasteiger partial charge in [-0.1, -0.05) is 0 Å². The van der Waals surface area contributed by atoms with Crippen LogP contribution in [0.5, 0.6) is 0 Å². The molecule has 0 aliphatic carbocycles. The molecule has 4 rings (SSSR count). The maximum absolute atomic E-state index is 10.7. The Balaban J connectivity index is 0.000000374. The third-order valence-electron chi connectivity index (χ3n) is 4.60. The van der Waals surface area contributed by atoms with Crippen molar-refractivity contribution in [3.63, 3.8) is 0 Å². The maximum Gasteiger partial charge on any atom is 0.336 e. The van der Waals surface area contributed by atoms with Gasteiger partial charge in [-0.15, -0.1) is 0 Å². The van der Waals surface area contributed by atoms with E-state index in [0.717, 1.165) is 0 Å². The van der Waals surface area contributed by atoms with Gasteiger partial charge in [0.1, 0.15) is 20.2 Å². The van der Waals surface area contributed by atoms with Crippen LogP contribution < -0.4 is 45.2 Å². The Morgan fingerprint density at radius 1 is 0.457 bits per heavy atom. The standard InChI is InChI=1S/2C12H11N3O3S.2CH5N3/c2*13-9-1-3-10(4-2-9)14-15-11-5-7-12(8-6-11)19(16,17)18;2*2-1(3)4/h2*1-8H,13H2,(H,16,17,18);2*(H5,2,3,4). The first-order valence-electron chi connectivity index (χ1n) is 12.3. The first-order valence-corrected chi connectivity index (χ1v) is 15.1. The summed E-state index contributed by atoms with van der Waals surface area (Å²) in [6, 6.07) is 24.0. The third-order valence-corrected chi connectivity index (χ3v) is 6.30. The zero-order valence-corrected chi connectivity index (χ0v) is 25.5. The molecule has 0 aliphatic rings. The van der Waals surface area contributed by atoms with Gasteiger partial charge in [-0.2, -0.15) is 20.5 Å². The van der Waals surface area contributed by atoms with Crippen LogP contribution in [-0.4, -0.2) is 37.9 Å². The van der Waals surface area contributed by atoms with Crippen LogP contribution in [0.4, 0.5) is 34.1 Å². The molecule has 0 bridgehead atoms. The summed E-state index contributed by atoms with van der Waals surface area (Å²) in [6.45, 7) is 0. The van der Waals surface area contributed by atoms with Gasteiger partial charge in [0.05, 0.1) is 32.5 Å². The molecule has 20 heteroatoms. The highest BCUT2D eigenvalue weighted by atomic mass is 32.2. The molecular weight excluding hydrogens is 640 g/mol. The van der Waals surface area contributed by atoms with Gasteiger partial charge in [-0.3, -0.25) is 33.8 Å². The summed E-state index contributed by atoms with van der Waals surface area (Å²) in [5, 5.41) is 24.9. The molecule has 0 fully saturated rings. The van der Waals surface area contributed by atoms with Crippen molar-refractivity contribution in [2.45, 2.75) is 9.79 Å². The Morgan fingerprint density at radius 2 is 0.630 bits per heavy atom. The van der Waals surface area contributed by atoms with E-state index in [1.807, 2.05) is 0 Å². The van der Waals surface area contributed by atoms with Crippen LogP contribution in [0.1, 0.15) is 0 Å². The molecule has 18 nitrogen and oxygen atoms in total. The van der Waals surface area contributed by atoms with E-state index in [-0.39, 0.29) is 21.7 Å². The summed E-state index contributed by atoms with van der Waals surface area (Å²) < 4.78 is 64.4. The van der Waals surface area contributed by atoms with Crippen molar-refractivity contribution < 1.29 is 36.8 Å². The molecule has 0 aromatic heterocycles. The van der Waals surface area contributed by atoms with Gasteiger partial charge in [0.25, 0.3) is 0 Å². The Kier molecular flexibility index (Phi) is 14.9. The van der Waals surface area contributed by atoms with E-state index in [9.17, 15) is 25.9 Å². The fourth-order valence-electron chi connectivity index (χ4n) is 2.67. The van der Waals surface area contributed by atoms with Gasteiger partial charge >= 0.3 is 11.9 Å². The Hall–Kier alpha value is -5.96. The molecule has 244 valence electrons. The fourth-order valence-corrected chi connectivity index (χ4v) is 3.61. The van der Waals surface area contributed by atoms with Crippen LogP contribution in [0, 0.1) is 0 Å². The Labute approximate surface area is 264 Å². The molecule has 0 saturated carbocycles. The average molecular weight is 673 g/mol. The van der Waals surface area contributed by atoms with Gasteiger partial charge in [-0.25, -0.2) is 16.8 Å². The summed E-state index contributed by atoms with van der Waals surface area (Å²) >= 11 is 0. The number of nitrogen functional groups attached to an aromatic ring is 2. The highest BCUT2D eigenvalue weighted by Gasteiger charge is 2.01. The van der Waals surface area contributed by atoms with Crippen LogP contribution >= 0.6 is 0 Å². The van der Waals surface area contributed by atoms with Gasteiger partial charge in [-0.05, 0) is 97.1 Å². The second kappa shape index (κ2) is 18.0. The number of hydrogen-bond donors (Lipinski definition) is 8. The molecule has 4 aromatic rings. The van der Waals surface area contributed by atoms with Crippen molar-refractivity contribution in [1.82, 2.24) is 0 Å². The smallest absolute Gasteiger partial charge is 0.336 e. The lowest BCUT2D eigenvalue weighted by Gasteiger charge is -2.05. The molecule has 0 spiro atoms. The SMILES string of the molecule is NC(N)=[NH2+].NC(N)=[NH2+].Nc1ccc(N=Nc2ccc(S(=O)(=O)[O-])cc2)cc1.Nc1ccc(N=Nc2ccc(S(=O)(=O)[O-])cc2)cc1. The quantitative estimate of drug-likeness (QED) is 0.0411. The number of hydrogen-bond acceptors (Lipinski definition) is 12. The summed E-state index contributed by atoms with van der Waals surface area (Å²) in [4.78, 5) is -0.585. The highest BCUT2D eigenvalue weighted by molar-refractivity contribution is 7.86. The molecule has 0 heterocycles. The molecule has 0 amide bonds. The normalized spacial score (nSPS) is 10.8. The molecular formula is C26H32N12O6S2. The molecule has 0 saturated heterocycles. The summed E-state index contributed by atoms with van der Waals surface area (Å²) in [6.07, 6.45) is 0. The highest BCUT2D eigenvalue weighted by Crippen LogP contribution is 2.22. The number of rotatable bonds is 6. The predicted molar refractivity (Wildman–Crippen MR) is 169 cm³/mol. The number of benzene rings is 4. The zero-order chi connectivity index (χ0) is 34.9. The van der Waals surface area contributed by atoms with Crippen LogP contribution in [0.2, 0.25) is 0 Å². The summed E-state index contributed by atoms with van der Waals surface area (Å²) in [5.74, 6) is -0.167. The van der Waals surface area contributed by atoms with Crippen LogP contribution in [-0.2, 0) is 20.2 Å². The number of nitrogens with zero attached hydrogens (tertiary/aromatic N) is 4. The molecule has 0 aliphatic heterocycles. The van der Waals surface area contributed by atoms with E-state index in [0.29, 0.717) is 34.1 Å². The summed E-state index contributed by atoms with van der Waals surface area (Å²) in [7, 11) is -8.86. The van der Waals surface area contributed by atoms with E-state index in [1.54, 1.807) is 48.5 Å². The van der Waals surface area contributed by atoms with Crippen molar-refractivity contribution >= 4 is 66.3 Å². The van der Waals surface area contributed by atoms with Crippen LogP contribution in [0.15, 0.2) is 127 Å². The second-order valence-corrected chi connectivity index (χ2v) is 11.2. The topological polar surface area (TPSA) is 371 Å². The third kappa shape index (κ3) is 16.6. The van der Waals surface area contributed by atoms with E-state index in [2.05, 4.69) is 54.2 Å². The van der Waals surface area contributed by atoms with Crippen LogP contribution in [0.25, 0.3) is 0 Å². The van der Waals surface area contributed by atoms with E-state index in [4.69, 9.17) is 11.5 Å². The molecule has 4 aromatic carbocycles. The number of nitrogens with two attached hydrogens (primary N) is 8. The van der Waals surface area contributed by atoms with E-state index in [1.165, 1.54) is 48.5 Å². The largest absolute Gasteiger partial charge is 0.744 e. The van der Waals surface area contributed by atoms with Crippen LogP contribution in [0.3, 0.4) is 0 Å². The minimum Gasteiger partial charge on any atom is -0.744 e. The first-order chi connectivity index (χ1) is 21.4. The van der Waals surface area contributed by atoms with E-state index < -0.39 is 20.2 Å². The first kappa shape index (κ1) is 38.1. The van der Waals surface area contributed by atoms with E-state index >= 15 is 0 Å². The van der Waals surface area contributed by atoms with Crippen molar-refractivity contribution in [3.8, 4) is 0 Å². The molecule has 46 heavy (non-hydrogen) atoms. The zero-order valence-electron chi connectivity index (χ0n) is 23.9. The molecule has 0 atom stereocenters. The van der Waals surface area contributed by atoms with Crippen molar-refractivity contribution in [2.24, 2.45) is 43.4 Å². The monoisotopic (exact) mass is 672 g/mol. The van der Waals surface area contributed by atoms with Gasteiger partial charge in [0.2, 0.25) is 0 Å². The maximum atomic E-state index is 10.7. The minimum atomic E-state index is -4.43. The van der Waals surface area contributed by atoms with Gasteiger partial charge in [0.15, 0.2) is 0 Å². The van der Waals surface area contributed by atoms with Gasteiger partial charge in [0, 0.05) is 11.4 Å². The van der Waals surface area contributed by atoms with Crippen molar-refractivity contribution in [1.29, 1.82) is 0 Å². The molecule has 16 N–H and O–H groups in total. The number of azo groups is 2. The minimum absolute atomic E-state index is 0.0833. The van der Waals surface area contributed by atoms with Crippen molar-refractivity contribution in [2.75, 3.05) is 11.5 Å². The van der Waals surface area contributed by atoms with Crippen molar-refractivity contribution in [3.05, 3.63) is 97.1 Å².